The maximum Gasteiger partial charge on any atom is 0.144 e. The average molecular weight is 200 g/mol. The molecule has 0 N–H and O–H groups in total. The van der Waals surface area contributed by atoms with Crippen molar-refractivity contribution in [2.45, 2.75) is 20.5 Å². The van der Waals surface area contributed by atoms with Gasteiger partial charge in [-0.15, -0.1) is 0 Å². The van der Waals surface area contributed by atoms with Crippen LogP contribution in [0.5, 0.6) is 5.75 Å². The Bertz CT molecular complexity index is 528. The Hall–Kier alpha value is -1.77. The average Bonchev–Trinajstić information content (AvgIpc) is 2.60. The van der Waals surface area contributed by atoms with Gasteiger partial charge >= 0.3 is 0 Å². The molecule has 3 heteroatoms. The standard InChI is InChI=1S/C12H12N2O/c1-8-3-4-10-12(5-8)15-6-11-9(2)13-7-14(10)11/h3-5,7H,6H2,1-2H3. The molecule has 0 unspecified atom stereocenters. The van der Waals surface area contributed by atoms with E-state index in [0.717, 1.165) is 22.8 Å². The number of fused-ring (bicyclic) bond motifs is 3. The van der Waals surface area contributed by atoms with Crippen LogP contribution in [0.4, 0.5) is 0 Å². The number of imidazole rings is 1. The first-order valence-electron chi connectivity index (χ1n) is 5.02. The van der Waals surface area contributed by atoms with E-state index in [2.05, 4.69) is 34.7 Å². The molecule has 2 aromatic rings. The van der Waals surface area contributed by atoms with Gasteiger partial charge in [-0.1, -0.05) is 6.07 Å². The van der Waals surface area contributed by atoms with Crippen LogP contribution in [0, 0.1) is 13.8 Å². The van der Waals surface area contributed by atoms with Gasteiger partial charge in [-0.05, 0) is 31.5 Å². The fourth-order valence-corrected chi connectivity index (χ4v) is 1.93. The minimum atomic E-state index is 0.613. The van der Waals surface area contributed by atoms with Crippen LogP contribution in [0.3, 0.4) is 0 Å². The van der Waals surface area contributed by atoms with Crippen LogP contribution in [0.2, 0.25) is 0 Å². The maximum absolute atomic E-state index is 5.71. The molecule has 0 saturated heterocycles. The van der Waals surface area contributed by atoms with Crippen molar-refractivity contribution in [3.8, 4) is 11.4 Å². The molecule has 0 radical (unpaired) electrons. The van der Waals surface area contributed by atoms with Gasteiger partial charge in [0.15, 0.2) is 0 Å². The summed E-state index contributed by atoms with van der Waals surface area (Å²) in [5.74, 6) is 0.944. The van der Waals surface area contributed by atoms with Crippen molar-refractivity contribution in [2.24, 2.45) is 0 Å². The lowest BCUT2D eigenvalue weighted by atomic mass is 10.2. The Morgan fingerprint density at radius 3 is 3.07 bits per heavy atom. The number of benzene rings is 1. The molecule has 76 valence electrons. The van der Waals surface area contributed by atoms with E-state index in [1.807, 2.05) is 13.3 Å². The van der Waals surface area contributed by atoms with E-state index in [-0.39, 0.29) is 0 Å². The topological polar surface area (TPSA) is 27.1 Å². The van der Waals surface area contributed by atoms with E-state index in [1.54, 1.807) is 0 Å². The second kappa shape index (κ2) is 2.86. The fourth-order valence-electron chi connectivity index (χ4n) is 1.93. The molecule has 0 spiro atoms. The third-order valence-corrected chi connectivity index (χ3v) is 2.81. The smallest absolute Gasteiger partial charge is 0.144 e. The maximum atomic E-state index is 5.71. The van der Waals surface area contributed by atoms with Crippen molar-refractivity contribution in [1.29, 1.82) is 0 Å². The number of hydrogen-bond acceptors (Lipinski definition) is 2. The Morgan fingerprint density at radius 2 is 2.20 bits per heavy atom. The molecule has 15 heavy (non-hydrogen) atoms. The Balaban J connectivity index is 2.26. The first-order chi connectivity index (χ1) is 7.25. The van der Waals surface area contributed by atoms with Gasteiger partial charge in [0, 0.05) is 0 Å². The molecule has 0 atom stereocenters. The molecule has 3 nitrogen and oxygen atoms in total. The lowest BCUT2D eigenvalue weighted by molar-refractivity contribution is 0.284. The summed E-state index contributed by atoms with van der Waals surface area (Å²) in [6.07, 6.45) is 1.86. The summed E-state index contributed by atoms with van der Waals surface area (Å²) in [4.78, 5) is 4.30. The molecule has 1 aromatic carbocycles. The highest BCUT2D eigenvalue weighted by Gasteiger charge is 2.18. The highest BCUT2D eigenvalue weighted by Crippen LogP contribution is 2.31. The zero-order chi connectivity index (χ0) is 10.4. The normalized spacial score (nSPS) is 12.9. The van der Waals surface area contributed by atoms with Crippen LogP contribution in [-0.2, 0) is 6.61 Å². The lowest BCUT2D eigenvalue weighted by Gasteiger charge is -2.20. The molecule has 0 fully saturated rings. The third kappa shape index (κ3) is 1.16. The number of hydrogen-bond donors (Lipinski definition) is 0. The van der Waals surface area contributed by atoms with Crippen LogP contribution in [-0.4, -0.2) is 9.55 Å². The summed E-state index contributed by atoms with van der Waals surface area (Å²) in [5, 5.41) is 0. The predicted octanol–water partition coefficient (Wildman–Crippen LogP) is 2.38. The van der Waals surface area contributed by atoms with Crippen molar-refractivity contribution in [2.75, 3.05) is 0 Å². The van der Waals surface area contributed by atoms with Crippen LogP contribution in [0.25, 0.3) is 5.69 Å². The van der Waals surface area contributed by atoms with Gasteiger partial charge in [0.25, 0.3) is 0 Å². The van der Waals surface area contributed by atoms with Gasteiger partial charge in [-0.3, -0.25) is 4.57 Å². The summed E-state index contributed by atoms with van der Waals surface area (Å²) >= 11 is 0. The summed E-state index contributed by atoms with van der Waals surface area (Å²) in [6.45, 7) is 4.69. The van der Waals surface area contributed by atoms with Crippen molar-refractivity contribution in [3.05, 3.63) is 41.5 Å². The molecule has 1 aromatic heterocycles. The van der Waals surface area contributed by atoms with Crippen LogP contribution >= 0.6 is 0 Å². The quantitative estimate of drug-likeness (QED) is 0.652. The summed E-state index contributed by atoms with van der Waals surface area (Å²) in [6, 6.07) is 6.23. The highest BCUT2D eigenvalue weighted by atomic mass is 16.5. The van der Waals surface area contributed by atoms with E-state index < -0.39 is 0 Å². The number of rotatable bonds is 0. The first-order valence-corrected chi connectivity index (χ1v) is 5.02. The summed E-state index contributed by atoms with van der Waals surface area (Å²) in [7, 11) is 0. The molecule has 1 aliphatic rings. The van der Waals surface area contributed by atoms with Gasteiger partial charge < -0.3 is 4.74 Å². The van der Waals surface area contributed by atoms with Crippen LogP contribution < -0.4 is 4.74 Å². The predicted molar refractivity (Wildman–Crippen MR) is 57.4 cm³/mol. The van der Waals surface area contributed by atoms with E-state index in [1.165, 1.54) is 5.56 Å². The van der Waals surface area contributed by atoms with Crippen LogP contribution in [0.15, 0.2) is 24.5 Å². The molecular weight excluding hydrogens is 188 g/mol. The van der Waals surface area contributed by atoms with Gasteiger partial charge in [0.05, 0.1) is 23.4 Å². The first kappa shape index (κ1) is 8.53. The number of nitrogens with zero attached hydrogens (tertiary/aromatic N) is 2. The zero-order valence-corrected chi connectivity index (χ0v) is 8.82. The SMILES string of the molecule is Cc1ccc2c(c1)OCc1c(C)ncn1-2. The summed E-state index contributed by atoms with van der Waals surface area (Å²) in [5.41, 5.74) is 4.49. The Labute approximate surface area is 88.3 Å². The van der Waals surface area contributed by atoms with E-state index in [0.29, 0.717) is 6.61 Å². The number of aromatic nitrogens is 2. The number of aryl methyl sites for hydroxylation is 2. The minimum absolute atomic E-state index is 0.613. The highest BCUT2D eigenvalue weighted by molar-refractivity contribution is 5.51. The Kier molecular flexibility index (Phi) is 1.63. The summed E-state index contributed by atoms with van der Waals surface area (Å²) < 4.78 is 7.81. The van der Waals surface area contributed by atoms with E-state index in [9.17, 15) is 0 Å². The third-order valence-electron chi connectivity index (χ3n) is 2.81. The van der Waals surface area contributed by atoms with E-state index in [4.69, 9.17) is 4.74 Å². The monoisotopic (exact) mass is 200 g/mol. The molecular formula is C12H12N2O. The van der Waals surface area contributed by atoms with Crippen LogP contribution in [0.1, 0.15) is 17.0 Å². The van der Waals surface area contributed by atoms with E-state index >= 15 is 0 Å². The van der Waals surface area contributed by atoms with Gasteiger partial charge in [0.1, 0.15) is 12.4 Å². The van der Waals surface area contributed by atoms with Gasteiger partial charge in [0.2, 0.25) is 0 Å². The second-order valence-corrected chi connectivity index (χ2v) is 3.91. The minimum Gasteiger partial charge on any atom is -0.485 e. The molecule has 2 heterocycles. The van der Waals surface area contributed by atoms with Gasteiger partial charge in [-0.25, -0.2) is 4.98 Å². The molecule has 3 rings (SSSR count). The molecule has 1 aliphatic heterocycles. The van der Waals surface area contributed by atoms with Gasteiger partial charge in [-0.2, -0.15) is 0 Å². The largest absolute Gasteiger partial charge is 0.485 e. The molecule has 0 bridgehead atoms. The fraction of sp³-hybridized carbons (Fsp3) is 0.250. The Morgan fingerprint density at radius 1 is 1.33 bits per heavy atom. The zero-order valence-electron chi connectivity index (χ0n) is 8.82. The molecule has 0 amide bonds. The molecule has 0 aliphatic carbocycles. The second-order valence-electron chi connectivity index (χ2n) is 3.91. The number of ether oxygens (including phenoxy) is 1. The van der Waals surface area contributed by atoms with Crippen molar-refractivity contribution >= 4 is 0 Å². The lowest BCUT2D eigenvalue weighted by Crippen LogP contribution is -2.12. The van der Waals surface area contributed by atoms with Crippen molar-refractivity contribution < 1.29 is 4.74 Å². The van der Waals surface area contributed by atoms with Crippen molar-refractivity contribution in [3.63, 3.8) is 0 Å². The van der Waals surface area contributed by atoms with Crippen molar-refractivity contribution in [1.82, 2.24) is 9.55 Å². The molecule has 0 saturated carbocycles.